The number of thiocarbonyl (C=S) groups is 1. The third-order valence-corrected chi connectivity index (χ3v) is 1.23. The van der Waals surface area contributed by atoms with E-state index in [0.717, 1.165) is 0 Å². The molecule has 6 heteroatoms. The molecule has 0 unspecified atom stereocenters. The Morgan fingerprint density at radius 2 is 2.00 bits per heavy atom. The summed E-state index contributed by atoms with van der Waals surface area (Å²) in [6.07, 6.45) is -0.277. The zero-order valence-electron chi connectivity index (χ0n) is 6.92. The van der Waals surface area contributed by atoms with Crippen molar-refractivity contribution in [2.75, 3.05) is 20.8 Å². The predicted octanol–water partition coefficient (Wildman–Crippen LogP) is -2.97. The van der Waals surface area contributed by atoms with Gasteiger partial charge < -0.3 is 39.6 Å². The van der Waals surface area contributed by atoms with E-state index in [2.05, 4.69) is 30.2 Å². The van der Waals surface area contributed by atoms with Crippen LogP contribution in [-0.4, -0.2) is 31.4 Å². The molecule has 0 heterocycles. The van der Waals surface area contributed by atoms with E-state index < -0.39 is 0 Å². The zero-order chi connectivity index (χ0) is 7.98. The van der Waals surface area contributed by atoms with E-state index in [1.54, 1.807) is 14.2 Å². The molecule has 60 valence electrons. The molecule has 0 rings (SSSR count). The molecule has 1 N–H and O–H groups in total. The van der Waals surface area contributed by atoms with Crippen LogP contribution in [0, 0.1) is 0 Å². The maximum atomic E-state index is 4.86. The van der Waals surface area contributed by atoms with Crippen LogP contribution < -0.4 is 34.9 Å². The second-order valence-corrected chi connectivity index (χ2v) is 2.64. The van der Waals surface area contributed by atoms with Gasteiger partial charge in [0.2, 0.25) is 0 Å². The number of hydrogen-bond donors (Lipinski definition) is 1. The fourth-order valence-corrected chi connectivity index (χ4v) is 0.596. The quantitative estimate of drug-likeness (QED) is 0.228. The molecule has 0 bridgehead atoms. The second-order valence-electron chi connectivity index (χ2n) is 1.57. The van der Waals surface area contributed by atoms with Crippen molar-refractivity contribution in [2.24, 2.45) is 0 Å². The Morgan fingerprint density at radius 1 is 1.55 bits per heavy atom. The minimum Gasteiger partial charge on any atom is -0.412 e. The second kappa shape index (κ2) is 9.12. The van der Waals surface area contributed by atoms with Gasteiger partial charge in [0.25, 0.3) is 0 Å². The van der Waals surface area contributed by atoms with E-state index in [1.165, 1.54) is 0 Å². The van der Waals surface area contributed by atoms with E-state index >= 15 is 0 Å². The van der Waals surface area contributed by atoms with Gasteiger partial charge in [0.1, 0.15) is 0 Å². The Kier molecular flexibility index (Phi) is 12.1. The minimum absolute atomic E-state index is 0. The van der Waals surface area contributed by atoms with E-state index in [4.69, 9.17) is 9.47 Å². The first-order valence-corrected chi connectivity index (χ1v) is 3.52. The summed E-state index contributed by atoms with van der Waals surface area (Å²) in [7, 11) is 3.12. The summed E-state index contributed by atoms with van der Waals surface area (Å²) < 4.78 is 10.1. The van der Waals surface area contributed by atoms with Crippen LogP contribution >= 0.6 is 12.2 Å². The Balaban J connectivity index is 0. The molecular weight excluding hydrogens is 193 g/mol. The maximum Gasteiger partial charge on any atom is 1.00 e. The molecule has 0 atom stereocenters. The summed E-state index contributed by atoms with van der Waals surface area (Å²) in [6, 6.07) is 0. The molecule has 0 aliphatic carbocycles. The standard InChI is InChI=1S/C5H11NO2S2.Na/c1-7-4(8-2)3-6-5(9)10;/h4H,3H2,1-2H3,(H2,6,9,10);/q;+1/p-1. The SMILES string of the molecule is COC(CNC(=S)[S-])OC.[Na+]. The number of methoxy groups -OCH3 is 2. The van der Waals surface area contributed by atoms with Gasteiger partial charge in [-0.3, -0.25) is 0 Å². The number of rotatable bonds is 4. The van der Waals surface area contributed by atoms with Gasteiger partial charge in [-0.05, 0) is 0 Å². The van der Waals surface area contributed by atoms with Crippen LogP contribution in [0.3, 0.4) is 0 Å². The Hall–Kier alpha value is 1.03. The van der Waals surface area contributed by atoms with Crippen LogP contribution in [0.25, 0.3) is 0 Å². The van der Waals surface area contributed by atoms with E-state index in [9.17, 15) is 0 Å². The Morgan fingerprint density at radius 3 is 2.27 bits per heavy atom. The smallest absolute Gasteiger partial charge is 0.412 e. The van der Waals surface area contributed by atoms with Crippen LogP contribution in [0.5, 0.6) is 0 Å². The van der Waals surface area contributed by atoms with Crippen molar-refractivity contribution in [3.05, 3.63) is 0 Å². The van der Waals surface area contributed by atoms with Gasteiger partial charge in [-0.2, -0.15) is 0 Å². The number of hydrogen-bond acceptors (Lipinski definition) is 4. The third-order valence-electron chi connectivity index (χ3n) is 0.939. The van der Waals surface area contributed by atoms with E-state index in [-0.39, 0.29) is 35.8 Å². The third kappa shape index (κ3) is 8.94. The van der Waals surface area contributed by atoms with Crippen molar-refractivity contribution in [3.63, 3.8) is 0 Å². The van der Waals surface area contributed by atoms with Gasteiger partial charge in [0.15, 0.2) is 6.29 Å². The van der Waals surface area contributed by atoms with Crippen LogP contribution in [0.2, 0.25) is 0 Å². The minimum atomic E-state index is -0.277. The molecule has 0 saturated heterocycles. The summed E-state index contributed by atoms with van der Waals surface area (Å²) in [6.45, 7) is 0.495. The number of nitrogens with one attached hydrogen (secondary N) is 1. The fourth-order valence-electron chi connectivity index (χ4n) is 0.430. The molecule has 0 aromatic carbocycles. The van der Waals surface area contributed by atoms with Gasteiger partial charge in [-0.15, -0.1) is 0 Å². The largest absolute Gasteiger partial charge is 1.00 e. The van der Waals surface area contributed by atoms with Crippen molar-refractivity contribution in [2.45, 2.75) is 6.29 Å². The first-order valence-electron chi connectivity index (χ1n) is 2.71. The molecule has 0 radical (unpaired) electrons. The van der Waals surface area contributed by atoms with Crippen molar-refractivity contribution in [3.8, 4) is 0 Å². The summed E-state index contributed by atoms with van der Waals surface area (Å²) in [4.78, 5) is 0. The normalized spacial score (nSPS) is 9.00. The summed E-state index contributed by atoms with van der Waals surface area (Å²) >= 11 is 9.20. The molecule has 0 amide bonds. The van der Waals surface area contributed by atoms with Crippen molar-refractivity contribution < 1.29 is 39.0 Å². The zero-order valence-corrected chi connectivity index (χ0v) is 10.6. The van der Waals surface area contributed by atoms with Crippen molar-refractivity contribution in [1.82, 2.24) is 5.32 Å². The molecule has 11 heavy (non-hydrogen) atoms. The average molecular weight is 203 g/mol. The summed E-state index contributed by atoms with van der Waals surface area (Å²) in [5, 5.41) is 2.74. The fraction of sp³-hybridized carbons (Fsp3) is 0.800. The number of ether oxygens (including phenoxy) is 2. The predicted molar refractivity (Wildman–Crippen MR) is 45.8 cm³/mol. The molecular formula is C5H10NNaO2S2. The monoisotopic (exact) mass is 203 g/mol. The average Bonchev–Trinajstić information content (AvgIpc) is 1.90. The van der Waals surface area contributed by atoms with Gasteiger partial charge in [-0.1, -0.05) is 4.32 Å². The summed E-state index contributed by atoms with van der Waals surface area (Å²) in [5.41, 5.74) is 0. The maximum absolute atomic E-state index is 4.86. The van der Waals surface area contributed by atoms with Gasteiger partial charge in [0.05, 0.1) is 6.54 Å². The molecule has 0 aromatic heterocycles. The first kappa shape index (κ1) is 14.5. The summed E-state index contributed by atoms with van der Waals surface area (Å²) in [5.74, 6) is 0. The molecule has 0 aliphatic heterocycles. The first-order chi connectivity index (χ1) is 4.70. The van der Waals surface area contributed by atoms with E-state index in [1.807, 2.05) is 0 Å². The van der Waals surface area contributed by atoms with Crippen molar-refractivity contribution in [1.29, 1.82) is 0 Å². The molecule has 0 aliphatic rings. The van der Waals surface area contributed by atoms with Gasteiger partial charge >= 0.3 is 29.6 Å². The molecule has 0 saturated carbocycles. The molecule has 0 spiro atoms. The Bertz CT molecular complexity index is 111. The molecule has 0 fully saturated rings. The van der Waals surface area contributed by atoms with Crippen LogP contribution in [0.15, 0.2) is 0 Å². The van der Waals surface area contributed by atoms with Crippen molar-refractivity contribution >= 4 is 29.2 Å². The van der Waals surface area contributed by atoms with Crippen LogP contribution in [0.4, 0.5) is 0 Å². The van der Waals surface area contributed by atoms with E-state index in [0.29, 0.717) is 10.9 Å². The van der Waals surface area contributed by atoms with Gasteiger partial charge in [0, 0.05) is 14.2 Å². The Labute approximate surface area is 99.9 Å². The topological polar surface area (TPSA) is 30.5 Å². The van der Waals surface area contributed by atoms with Crippen LogP contribution in [0.1, 0.15) is 0 Å². The van der Waals surface area contributed by atoms with Crippen LogP contribution in [-0.2, 0) is 22.1 Å². The molecule has 0 aromatic rings. The molecule has 3 nitrogen and oxygen atoms in total. The van der Waals surface area contributed by atoms with Gasteiger partial charge in [-0.25, -0.2) is 0 Å².